The maximum absolute atomic E-state index is 13.7. The summed E-state index contributed by atoms with van der Waals surface area (Å²) < 4.78 is 4.61. The molecule has 3 aliphatic rings. The van der Waals surface area contributed by atoms with Crippen LogP contribution in [0.25, 0.3) is 11.8 Å². The van der Waals surface area contributed by atoms with Gasteiger partial charge in [0.15, 0.2) is 11.4 Å². The van der Waals surface area contributed by atoms with E-state index in [4.69, 9.17) is 5.73 Å². The molecule has 1 saturated carbocycles. The van der Waals surface area contributed by atoms with Gasteiger partial charge in [0.25, 0.3) is 5.91 Å². The Morgan fingerprint density at radius 3 is 2.44 bits per heavy atom. The molecule has 6 N–H and O–H groups in total. The van der Waals surface area contributed by atoms with Gasteiger partial charge in [0.1, 0.15) is 22.8 Å². The van der Waals surface area contributed by atoms with Crippen LogP contribution >= 0.6 is 0 Å². The Bertz CT molecular complexity index is 1310. The first kappa shape index (κ1) is 25.1. The zero-order valence-electron chi connectivity index (χ0n) is 19.8. The minimum Gasteiger partial charge on any atom is -0.508 e. The second-order valence-corrected chi connectivity index (χ2v) is 9.35. The summed E-state index contributed by atoms with van der Waals surface area (Å²) in [7, 11) is 4.27. The Kier molecular flexibility index (Phi) is 6.01. The number of carbonyl (C=O) groups is 4. The van der Waals surface area contributed by atoms with Crippen molar-refractivity contribution in [1.29, 1.82) is 0 Å². The molecule has 0 saturated heterocycles. The number of benzene rings is 1. The quantitative estimate of drug-likeness (QED) is 0.217. The summed E-state index contributed by atoms with van der Waals surface area (Å²) in [4.78, 5) is 51.9. The molecule has 0 heterocycles. The molecule has 0 bridgehead atoms. The number of primary amides is 1. The molecule has 1 amide bonds. The fourth-order valence-corrected chi connectivity index (χ4v) is 5.65. The Hall–Kier alpha value is -3.96. The number of amides is 1. The van der Waals surface area contributed by atoms with E-state index in [9.17, 15) is 39.6 Å². The number of aliphatic hydroxyl groups is 3. The van der Waals surface area contributed by atoms with Crippen LogP contribution in [0.3, 0.4) is 0 Å². The summed E-state index contributed by atoms with van der Waals surface area (Å²) in [6.45, 7) is 0. The van der Waals surface area contributed by atoms with Crippen molar-refractivity contribution in [1.82, 2.24) is 4.90 Å². The number of Topliss-reactive ketones (excluding diaryl/α,β-unsaturated/α-hetero) is 2. The van der Waals surface area contributed by atoms with Crippen LogP contribution in [0.2, 0.25) is 0 Å². The summed E-state index contributed by atoms with van der Waals surface area (Å²) in [6.07, 6.45) is 2.71. The molecule has 11 heteroatoms. The zero-order valence-corrected chi connectivity index (χ0v) is 19.8. The highest BCUT2D eigenvalue weighted by atomic mass is 16.5. The minimum atomic E-state index is -2.69. The van der Waals surface area contributed by atoms with E-state index in [1.54, 1.807) is 0 Å². The number of rotatable bonds is 4. The van der Waals surface area contributed by atoms with Gasteiger partial charge in [0.2, 0.25) is 5.78 Å². The molecule has 0 aliphatic heterocycles. The highest BCUT2D eigenvalue weighted by Gasteiger charge is 2.64. The summed E-state index contributed by atoms with van der Waals surface area (Å²) >= 11 is 0. The van der Waals surface area contributed by atoms with Crippen LogP contribution in [-0.4, -0.2) is 81.6 Å². The van der Waals surface area contributed by atoms with E-state index in [1.165, 1.54) is 50.4 Å². The molecular formula is C25H26N2O9. The molecule has 190 valence electrons. The number of aromatic hydroxyl groups is 1. The van der Waals surface area contributed by atoms with Crippen LogP contribution < -0.4 is 5.73 Å². The smallest absolute Gasteiger partial charge is 0.330 e. The maximum Gasteiger partial charge on any atom is 0.330 e. The Labute approximate surface area is 205 Å². The van der Waals surface area contributed by atoms with Gasteiger partial charge in [0.05, 0.1) is 18.7 Å². The lowest BCUT2D eigenvalue weighted by Crippen LogP contribution is -2.65. The van der Waals surface area contributed by atoms with Crippen LogP contribution in [-0.2, 0) is 30.3 Å². The summed E-state index contributed by atoms with van der Waals surface area (Å²) in [5, 5.41) is 44.0. The number of hydrogen-bond acceptors (Lipinski definition) is 10. The average molecular weight is 498 g/mol. The number of esters is 1. The third-order valence-corrected chi connectivity index (χ3v) is 7.24. The Morgan fingerprint density at radius 1 is 1.19 bits per heavy atom. The lowest BCUT2D eigenvalue weighted by atomic mass is 9.57. The van der Waals surface area contributed by atoms with Crippen LogP contribution in [0.15, 0.2) is 35.1 Å². The highest BCUT2D eigenvalue weighted by Crippen LogP contribution is 2.53. The van der Waals surface area contributed by atoms with Crippen LogP contribution in [0.5, 0.6) is 5.75 Å². The van der Waals surface area contributed by atoms with E-state index >= 15 is 0 Å². The van der Waals surface area contributed by atoms with Crippen molar-refractivity contribution in [2.75, 3.05) is 21.2 Å². The zero-order chi connectivity index (χ0) is 26.7. The largest absolute Gasteiger partial charge is 0.508 e. The third-order valence-electron chi connectivity index (χ3n) is 7.24. The number of phenols is 1. The Balaban J connectivity index is 1.94. The first-order chi connectivity index (χ1) is 16.9. The lowest BCUT2D eigenvalue weighted by Gasteiger charge is -2.50. The number of likely N-dealkylation sites (N-methyl/N-ethyl adjacent to an activating group) is 1. The molecule has 0 radical (unpaired) electrons. The summed E-state index contributed by atoms with van der Waals surface area (Å²) in [6, 6.07) is 1.65. The molecule has 4 atom stereocenters. The van der Waals surface area contributed by atoms with Gasteiger partial charge in [-0.25, -0.2) is 4.79 Å². The number of nitrogens with zero attached hydrogens (tertiary/aromatic N) is 1. The van der Waals surface area contributed by atoms with Crippen molar-refractivity contribution in [3.8, 4) is 5.75 Å². The molecule has 1 aromatic rings. The molecule has 1 fully saturated rings. The van der Waals surface area contributed by atoms with Gasteiger partial charge < -0.3 is 30.9 Å². The fourth-order valence-electron chi connectivity index (χ4n) is 5.65. The van der Waals surface area contributed by atoms with Crippen molar-refractivity contribution >= 4 is 35.3 Å². The maximum atomic E-state index is 13.7. The van der Waals surface area contributed by atoms with E-state index in [0.717, 1.165) is 0 Å². The van der Waals surface area contributed by atoms with Crippen molar-refractivity contribution in [2.45, 2.75) is 24.5 Å². The molecule has 3 aliphatic carbocycles. The van der Waals surface area contributed by atoms with Crippen molar-refractivity contribution in [2.24, 2.45) is 17.6 Å². The van der Waals surface area contributed by atoms with Crippen molar-refractivity contribution in [3.05, 3.63) is 51.8 Å². The van der Waals surface area contributed by atoms with Gasteiger partial charge in [0, 0.05) is 17.6 Å². The molecule has 36 heavy (non-hydrogen) atoms. The molecule has 11 nitrogen and oxygen atoms in total. The number of methoxy groups -OCH3 is 1. The predicted molar refractivity (Wildman–Crippen MR) is 125 cm³/mol. The van der Waals surface area contributed by atoms with Crippen LogP contribution in [0.4, 0.5) is 0 Å². The second-order valence-electron chi connectivity index (χ2n) is 9.35. The van der Waals surface area contributed by atoms with Crippen LogP contribution in [0, 0.1) is 11.8 Å². The molecule has 1 aromatic carbocycles. The summed E-state index contributed by atoms with van der Waals surface area (Å²) in [5.74, 6) is -7.77. The lowest BCUT2D eigenvalue weighted by molar-refractivity contribution is -0.153. The van der Waals surface area contributed by atoms with Gasteiger partial charge >= 0.3 is 5.97 Å². The number of ether oxygens (including phenoxy) is 1. The normalized spacial score (nSPS) is 27.8. The number of phenolic OH excluding ortho intramolecular Hbond substituents is 1. The first-order valence-electron chi connectivity index (χ1n) is 11.1. The number of fused-ring (bicyclic) bond motifs is 3. The van der Waals surface area contributed by atoms with E-state index in [2.05, 4.69) is 4.74 Å². The number of carbonyl (C=O) groups excluding carboxylic acids is 4. The van der Waals surface area contributed by atoms with E-state index in [1.807, 2.05) is 0 Å². The average Bonchev–Trinajstić information content (AvgIpc) is 2.80. The number of nitrogens with two attached hydrogens (primary N) is 1. The molecule has 0 aromatic heterocycles. The number of aliphatic hydroxyl groups excluding tert-OH is 2. The highest BCUT2D eigenvalue weighted by molar-refractivity contribution is 6.24. The molecule has 4 rings (SSSR count). The van der Waals surface area contributed by atoms with Gasteiger partial charge in [-0.15, -0.1) is 0 Å². The van der Waals surface area contributed by atoms with E-state index in [-0.39, 0.29) is 29.7 Å². The Morgan fingerprint density at radius 2 is 1.86 bits per heavy atom. The van der Waals surface area contributed by atoms with Gasteiger partial charge in [-0.05, 0) is 56.1 Å². The second kappa shape index (κ2) is 8.61. The third kappa shape index (κ3) is 3.42. The predicted octanol–water partition coefficient (Wildman–Crippen LogP) is 0.150. The van der Waals surface area contributed by atoms with Crippen molar-refractivity contribution in [3.63, 3.8) is 0 Å². The van der Waals surface area contributed by atoms with Gasteiger partial charge in [-0.2, -0.15) is 0 Å². The molecular weight excluding hydrogens is 472 g/mol. The first-order valence-corrected chi connectivity index (χ1v) is 11.1. The SMILES string of the molecule is COC(=O)/C=C/c1ccc(O)c2c1C[C@@H]1C[C@@H]3[C@H](N(C)C)C(=O)C(C(N)=O)=C(O)[C@@]3(O)C(=O)C1=C2O. The fraction of sp³-hybridized carbons (Fsp3) is 0.360. The van der Waals surface area contributed by atoms with E-state index in [0.29, 0.717) is 11.1 Å². The van der Waals surface area contributed by atoms with Gasteiger partial charge in [-0.1, -0.05) is 6.07 Å². The van der Waals surface area contributed by atoms with Crippen molar-refractivity contribution < 1.29 is 44.3 Å². The van der Waals surface area contributed by atoms with Gasteiger partial charge in [-0.3, -0.25) is 19.3 Å². The van der Waals surface area contributed by atoms with Crippen LogP contribution in [0.1, 0.15) is 23.1 Å². The topological polar surface area (TPSA) is 188 Å². The summed E-state index contributed by atoms with van der Waals surface area (Å²) in [5.41, 5.74) is 2.37. The molecule has 0 spiro atoms. The number of ketones is 2. The minimum absolute atomic E-state index is 0.0262. The standard InChI is InChI=1S/C25H26N2O9/c1-27(2)19-13-9-11-8-12-10(5-7-15(29)36-3)4-6-14(28)17(12)20(30)16(11)22(32)25(13,35)23(33)18(21(19)31)24(26)34/h4-7,11,13,19,28,30,33,35H,8-9H2,1-3H3,(H2,26,34)/b7-5+/t11-,13-,19+,25+/m1/s1. The van der Waals surface area contributed by atoms with E-state index < -0.39 is 64.0 Å². The molecule has 0 unspecified atom stereocenters. The monoisotopic (exact) mass is 498 g/mol. The number of hydrogen-bond donors (Lipinski definition) is 5.